The van der Waals surface area contributed by atoms with Crippen LogP contribution in [0.15, 0.2) is 23.1 Å². The number of rotatable bonds is 4. The molecular weight excluding hydrogens is 420 g/mol. The zero-order chi connectivity index (χ0) is 23.2. The Morgan fingerprint density at radius 2 is 1.91 bits per heavy atom. The largest absolute Gasteiger partial charge is 0.503 e. The lowest BCUT2D eigenvalue weighted by atomic mass is 9.87. The van der Waals surface area contributed by atoms with Crippen LogP contribution < -0.4 is 10.7 Å². The fourth-order valence-corrected chi connectivity index (χ4v) is 4.75. The van der Waals surface area contributed by atoms with E-state index in [0.29, 0.717) is 25.1 Å². The first-order chi connectivity index (χ1) is 15.2. The minimum absolute atomic E-state index is 0.114. The number of carbonyl (C=O) groups is 2. The summed E-state index contributed by atoms with van der Waals surface area (Å²) < 4.78 is 29.8. The van der Waals surface area contributed by atoms with Gasteiger partial charge in [0.2, 0.25) is 5.43 Å². The van der Waals surface area contributed by atoms with E-state index in [0.717, 1.165) is 31.4 Å². The predicted molar refractivity (Wildman–Crippen MR) is 113 cm³/mol. The number of aromatic hydroxyl groups is 1. The Morgan fingerprint density at radius 3 is 2.56 bits per heavy atom. The van der Waals surface area contributed by atoms with Gasteiger partial charge < -0.3 is 19.9 Å². The molecule has 2 amide bonds. The summed E-state index contributed by atoms with van der Waals surface area (Å²) in [5, 5.41) is 13.0. The SMILES string of the molecule is CC[C@@]12CCCCN(C1)C(=O)c1c(O)c(=O)c(C(=O)NCc3c(F)cc(C)cc3F)cn12. The highest BCUT2D eigenvalue weighted by atomic mass is 19.1. The molecular formula is C23H25F2N3O4. The molecule has 9 heteroatoms. The van der Waals surface area contributed by atoms with E-state index in [9.17, 15) is 28.3 Å². The predicted octanol–water partition coefficient (Wildman–Crippen LogP) is 2.82. The van der Waals surface area contributed by atoms with Crippen molar-refractivity contribution in [3.8, 4) is 5.75 Å². The molecule has 0 unspecified atom stereocenters. The van der Waals surface area contributed by atoms with Gasteiger partial charge in [-0.05, 0) is 50.3 Å². The summed E-state index contributed by atoms with van der Waals surface area (Å²) in [7, 11) is 0. The van der Waals surface area contributed by atoms with E-state index in [1.165, 1.54) is 6.20 Å². The van der Waals surface area contributed by atoms with Gasteiger partial charge in [-0.15, -0.1) is 0 Å². The molecule has 0 radical (unpaired) electrons. The Kier molecular flexibility index (Phi) is 5.52. The van der Waals surface area contributed by atoms with E-state index in [4.69, 9.17) is 0 Å². The Balaban J connectivity index is 1.73. The van der Waals surface area contributed by atoms with Crippen molar-refractivity contribution in [1.29, 1.82) is 0 Å². The van der Waals surface area contributed by atoms with Gasteiger partial charge in [0.25, 0.3) is 11.8 Å². The molecule has 2 aliphatic rings. The topological polar surface area (TPSA) is 91.6 Å². The maximum absolute atomic E-state index is 14.1. The normalized spacial score (nSPS) is 20.0. The number of nitrogens with one attached hydrogen (secondary N) is 1. The van der Waals surface area contributed by atoms with Crippen LogP contribution in [0.5, 0.6) is 5.75 Å². The second-order valence-electron chi connectivity index (χ2n) is 8.59. The maximum Gasteiger partial charge on any atom is 0.274 e. The zero-order valence-electron chi connectivity index (χ0n) is 18.0. The summed E-state index contributed by atoms with van der Waals surface area (Å²) in [4.78, 5) is 40.2. The standard InChI is InChI=1S/C23H25F2N3O4/c1-3-23-6-4-5-7-27(12-23)22(32)18-20(30)19(29)15(11-28(18)23)21(31)26-10-14-16(24)8-13(2)9-17(14)25/h8-9,11,30H,3-7,10,12H2,1-2H3,(H,26,31)/t23-/m1/s1. The van der Waals surface area contributed by atoms with Gasteiger partial charge in [0.05, 0.1) is 5.54 Å². The van der Waals surface area contributed by atoms with Gasteiger partial charge in [0, 0.05) is 31.4 Å². The third-order valence-electron chi connectivity index (χ3n) is 6.60. The van der Waals surface area contributed by atoms with Gasteiger partial charge in [-0.25, -0.2) is 8.78 Å². The van der Waals surface area contributed by atoms with E-state index in [2.05, 4.69) is 5.32 Å². The number of aromatic nitrogens is 1. The van der Waals surface area contributed by atoms with Gasteiger partial charge in [-0.1, -0.05) is 6.92 Å². The monoisotopic (exact) mass is 445 g/mol. The number of nitrogens with zero attached hydrogens (tertiary/aromatic N) is 2. The van der Waals surface area contributed by atoms with Crippen molar-refractivity contribution >= 4 is 11.8 Å². The zero-order valence-corrected chi connectivity index (χ0v) is 18.0. The van der Waals surface area contributed by atoms with Crippen LogP contribution >= 0.6 is 0 Å². The van der Waals surface area contributed by atoms with Crippen LogP contribution in [-0.2, 0) is 12.1 Å². The molecule has 7 nitrogen and oxygen atoms in total. The molecule has 2 aromatic rings. The third kappa shape index (κ3) is 3.45. The molecule has 1 saturated heterocycles. The second kappa shape index (κ2) is 8.03. The smallest absolute Gasteiger partial charge is 0.274 e. The summed E-state index contributed by atoms with van der Waals surface area (Å²) in [5.41, 5.74) is -1.95. The van der Waals surface area contributed by atoms with Crippen molar-refractivity contribution in [2.45, 2.75) is 51.6 Å². The average molecular weight is 445 g/mol. The lowest BCUT2D eigenvalue weighted by Gasteiger charge is -2.44. The van der Waals surface area contributed by atoms with Crippen LogP contribution in [0.3, 0.4) is 0 Å². The van der Waals surface area contributed by atoms with Crippen molar-refractivity contribution in [2.24, 2.45) is 0 Å². The first-order valence-corrected chi connectivity index (χ1v) is 10.7. The summed E-state index contributed by atoms with van der Waals surface area (Å²) >= 11 is 0. The fourth-order valence-electron chi connectivity index (χ4n) is 4.75. The molecule has 4 rings (SSSR count). The molecule has 1 fully saturated rings. The quantitative estimate of drug-likeness (QED) is 0.757. The highest BCUT2D eigenvalue weighted by Gasteiger charge is 2.44. The molecule has 0 aliphatic carbocycles. The number of hydrogen-bond donors (Lipinski definition) is 2. The number of benzene rings is 1. The van der Waals surface area contributed by atoms with Crippen molar-refractivity contribution in [2.75, 3.05) is 13.1 Å². The number of amides is 2. The molecule has 1 aromatic heterocycles. The van der Waals surface area contributed by atoms with E-state index in [1.807, 2.05) is 6.92 Å². The molecule has 3 heterocycles. The lowest BCUT2D eigenvalue weighted by molar-refractivity contribution is 0.0559. The van der Waals surface area contributed by atoms with E-state index in [1.54, 1.807) is 16.4 Å². The van der Waals surface area contributed by atoms with Crippen LogP contribution in [-0.4, -0.2) is 39.5 Å². The highest BCUT2D eigenvalue weighted by Crippen LogP contribution is 2.38. The average Bonchev–Trinajstić information content (AvgIpc) is 2.94. The van der Waals surface area contributed by atoms with Gasteiger partial charge in [-0.3, -0.25) is 14.4 Å². The molecule has 0 spiro atoms. The third-order valence-corrected chi connectivity index (χ3v) is 6.60. The Morgan fingerprint density at radius 1 is 1.22 bits per heavy atom. The molecule has 1 atom stereocenters. The lowest BCUT2D eigenvalue weighted by Crippen LogP contribution is -2.53. The highest BCUT2D eigenvalue weighted by molar-refractivity contribution is 5.99. The van der Waals surface area contributed by atoms with Crippen LogP contribution in [0.2, 0.25) is 0 Å². The van der Waals surface area contributed by atoms with E-state index < -0.39 is 46.7 Å². The van der Waals surface area contributed by atoms with Crippen LogP contribution in [0.4, 0.5) is 8.78 Å². The molecule has 2 aliphatic heterocycles. The van der Waals surface area contributed by atoms with E-state index >= 15 is 0 Å². The summed E-state index contributed by atoms with van der Waals surface area (Å²) in [6.07, 6.45) is 4.33. The summed E-state index contributed by atoms with van der Waals surface area (Å²) in [6, 6.07) is 2.30. The van der Waals surface area contributed by atoms with Crippen molar-refractivity contribution in [3.63, 3.8) is 0 Å². The maximum atomic E-state index is 14.1. The van der Waals surface area contributed by atoms with Gasteiger partial charge >= 0.3 is 0 Å². The fraction of sp³-hybridized carbons (Fsp3) is 0.435. The number of fused-ring (bicyclic) bond motifs is 4. The number of pyridine rings is 1. The van der Waals surface area contributed by atoms with Crippen LogP contribution in [0.1, 0.15) is 64.6 Å². The molecule has 0 saturated carbocycles. The first-order valence-electron chi connectivity index (χ1n) is 10.7. The Hall–Kier alpha value is -3.23. The second-order valence-corrected chi connectivity index (χ2v) is 8.59. The molecule has 1 aromatic carbocycles. The molecule has 2 bridgehead atoms. The number of halogens is 2. The van der Waals surface area contributed by atoms with Gasteiger partial charge in [0.1, 0.15) is 17.2 Å². The minimum atomic E-state index is -0.988. The van der Waals surface area contributed by atoms with E-state index in [-0.39, 0.29) is 16.8 Å². The van der Waals surface area contributed by atoms with Crippen molar-refractivity contribution in [1.82, 2.24) is 14.8 Å². The number of carbonyl (C=O) groups excluding carboxylic acids is 2. The van der Waals surface area contributed by atoms with Gasteiger partial charge in [-0.2, -0.15) is 0 Å². The first kappa shape index (κ1) is 22.0. The van der Waals surface area contributed by atoms with Crippen LogP contribution in [0.25, 0.3) is 0 Å². The molecule has 170 valence electrons. The van der Waals surface area contributed by atoms with Gasteiger partial charge in [0.15, 0.2) is 11.4 Å². The molecule has 32 heavy (non-hydrogen) atoms. The summed E-state index contributed by atoms with van der Waals surface area (Å²) in [5.74, 6) is -3.71. The number of aryl methyl sites for hydroxylation is 1. The van der Waals surface area contributed by atoms with Crippen molar-refractivity contribution < 1.29 is 23.5 Å². The van der Waals surface area contributed by atoms with Crippen LogP contribution in [0, 0.1) is 18.6 Å². The minimum Gasteiger partial charge on any atom is -0.503 e. The summed E-state index contributed by atoms with van der Waals surface area (Å²) in [6.45, 7) is 4.01. The Labute approximate surface area is 183 Å². The van der Waals surface area contributed by atoms with Crippen molar-refractivity contribution in [3.05, 3.63) is 62.6 Å². The number of hydrogen-bond acceptors (Lipinski definition) is 4. The Bertz CT molecular complexity index is 1150. The molecule has 2 N–H and O–H groups in total.